The predicted octanol–water partition coefficient (Wildman–Crippen LogP) is 0.317. The predicted molar refractivity (Wildman–Crippen MR) is 54.1 cm³/mol. The van der Waals surface area contributed by atoms with E-state index in [4.69, 9.17) is 16.0 Å². The molecule has 5 nitrogen and oxygen atoms in total. The van der Waals surface area contributed by atoms with Gasteiger partial charge in [0.2, 0.25) is 5.96 Å². The van der Waals surface area contributed by atoms with Gasteiger partial charge in [-0.15, -0.1) is 0 Å². The molecule has 1 aliphatic carbocycles. The van der Waals surface area contributed by atoms with Gasteiger partial charge in [0, 0.05) is 12.6 Å². The summed E-state index contributed by atoms with van der Waals surface area (Å²) < 4.78 is 0. The van der Waals surface area contributed by atoms with Gasteiger partial charge in [0.1, 0.15) is 0 Å². The Morgan fingerprint density at radius 2 is 2.00 bits per heavy atom. The van der Waals surface area contributed by atoms with Crippen LogP contribution < -0.4 is 5.73 Å². The van der Waals surface area contributed by atoms with Gasteiger partial charge in [0.05, 0.1) is 6.61 Å². The van der Waals surface area contributed by atoms with Crippen LogP contribution in [0.15, 0.2) is 5.16 Å². The molecule has 1 saturated carbocycles. The van der Waals surface area contributed by atoms with Crippen LogP contribution in [0.2, 0.25) is 0 Å². The van der Waals surface area contributed by atoms with Gasteiger partial charge in [0.25, 0.3) is 0 Å². The third-order valence-electron chi connectivity index (χ3n) is 2.75. The molecule has 0 amide bonds. The number of oxime groups is 1. The van der Waals surface area contributed by atoms with Gasteiger partial charge in [-0.25, -0.2) is 0 Å². The van der Waals surface area contributed by atoms with Crippen molar-refractivity contribution in [2.75, 3.05) is 13.2 Å². The van der Waals surface area contributed by atoms with E-state index in [1.165, 1.54) is 19.3 Å². The van der Waals surface area contributed by atoms with E-state index in [0.29, 0.717) is 12.6 Å². The second-order valence-corrected chi connectivity index (χ2v) is 3.67. The zero-order chi connectivity index (χ0) is 10.4. The second-order valence-electron chi connectivity index (χ2n) is 3.67. The van der Waals surface area contributed by atoms with Crippen LogP contribution in [0.4, 0.5) is 0 Å². The fourth-order valence-corrected chi connectivity index (χ4v) is 2.04. The Morgan fingerprint density at radius 1 is 1.36 bits per heavy atom. The third kappa shape index (κ3) is 2.77. The van der Waals surface area contributed by atoms with E-state index in [2.05, 4.69) is 5.16 Å². The molecule has 0 aromatic carbocycles. The molecule has 0 heterocycles. The first kappa shape index (κ1) is 11.1. The number of nitrogens with two attached hydrogens (primary N) is 1. The molecule has 0 unspecified atom stereocenters. The molecular formula is C9H19N3O2. The summed E-state index contributed by atoms with van der Waals surface area (Å²) in [6.45, 7) is 0.479. The number of aliphatic hydroxyl groups excluding tert-OH is 1. The minimum atomic E-state index is 0.0344. The lowest BCUT2D eigenvalue weighted by Gasteiger charge is -2.33. The lowest BCUT2D eigenvalue weighted by Crippen LogP contribution is -2.46. The Hall–Kier alpha value is -0.970. The van der Waals surface area contributed by atoms with Crippen molar-refractivity contribution in [3.8, 4) is 0 Å². The fraction of sp³-hybridized carbons (Fsp3) is 0.889. The van der Waals surface area contributed by atoms with Crippen molar-refractivity contribution in [2.24, 2.45) is 10.9 Å². The Bertz CT molecular complexity index is 190. The summed E-state index contributed by atoms with van der Waals surface area (Å²) in [6.07, 6.45) is 5.77. The molecule has 0 radical (unpaired) electrons. The molecule has 0 bridgehead atoms. The lowest BCUT2D eigenvalue weighted by molar-refractivity contribution is 0.182. The maximum atomic E-state index is 8.88. The van der Waals surface area contributed by atoms with Crippen molar-refractivity contribution >= 4 is 5.96 Å². The molecule has 0 aromatic heterocycles. The summed E-state index contributed by atoms with van der Waals surface area (Å²) >= 11 is 0. The molecule has 5 heteroatoms. The molecule has 1 fully saturated rings. The average molecular weight is 201 g/mol. The van der Waals surface area contributed by atoms with E-state index < -0.39 is 0 Å². The summed E-state index contributed by atoms with van der Waals surface area (Å²) in [6, 6.07) is 0.326. The van der Waals surface area contributed by atoms with Crippen LogP contribution in [-0.2, 0) is 0 Å². The van der Waals surface area contributed by atoms with Gasteiger partial charge >= 0.3 is 0 Å². The maximum Gasteiger partial charge on any atom is 0.233 e. The minimum Gasteiger partial charge on any atom is -0.408 e. The van der Waals surface area contributed by atoms with Crippen molar-refractivity contribution in [3.63, 3.8) is 0 Å². The van der Waals surface area contributed by atoms with E-state index in [1.54, 1.807) is 4.90 Å². The monoisotopic (exact) mass is 201 g/mol. The van der Waals surface area contributed by atoms with Gasteiger partial charge in [-0.3, -0.25) is 0 Å². The van der Waals surface area contributed by atoms with Crippen LogP contribution >= 0.6 is 0 Å². The first-order chi connectivity index (χ1) is 6.79. The van der Waals surface area contributed by atoms with Gasteiger partial charge in [-0.05, 0) is 12.8 Å². The molecule has 4 N–H and O–H groups in total. The first-order valence-electron chi connectivity index (χ1n) is 5.14. The summed E-state index contributed by atoms with van der Waals surface area (Å²) in [5, 5.41) is 20.5. The van der Waals surface area contributed by atoms with Gasteiger partial charge in [-0.2, -0.15) is 0 Å². The SMILES string of the molecule is NC(=NO)N(CCO)C1CCCCC1. The van der Waals surface area contributed by atoms with E-state index in [1.807, 2.05) is 0 Å². The second kappa shape index (κ2) is 5.70. The van der Waals surface area contributed by atoms with Crippen molar-refractivity contribution in [2.45, 2.75) is 38.1 Å². The molecule has 14 heavy (non-hydrogen) atoms. The highest BCUT2D eigenvalue weighted by atomic mass is 16.4. The minimum absolute atomic E-state index is 0.0344. The standard InChI is InChI=1S/C9H19N3O2/c10-9(11-14)12(6-7-13)8-4-2-1-3-5-8/h8,13-14H,1-7H2,(H2,10,11). The van der Waals surface area contributed by atoms with E-state index in [9.17, 15) is 0 Å². The first-order valence-corrected chi connectivity index (χ1v) is 5.14. The maximum absolute atomic E-state index is 8.88. The zero-order valence-corrected chi connectivity index (χ0v) is 8.39. The normalized spacial score (nSPS) is 19.6. The van der Waals surface area contributed by atoms with Crippen molar-refractivity contribution in [1.82, 2.24) is 4.90 Å². The highest BCUT2D eigenvalue weighted by molar-refractivity contribution is 5.77. The molecule has 0 spiro atoms. The highest BCUT2D eigenvalue weighted by Crippen LogP contribution is 2.22. The smallest absolute Gasteiger partial charge is 0.233 e. The average Bonchev–Trinajstić information content (AvgIpc) is 2.26. The summed E-state index contributed by atoms with van der Waals surface area (Å²) in [7, 11) is 0. The van der Waals surface area contributed by atoms with Crippen LogP contribution in [0.25, 0.3) is 0 Å². The fourth-order valence-electron chi connectivity index (χ4n) is 2.04. The van der Waals surface area contributed by atoms with Gasteiger partial charge in [-0.1, -0.05) is 24.4 Å². The molecule has 1 rings (SSSR count). The molecule has 0 atom stereocenters. The largest absolute Gasteiger partial charge is 0.408 e. The van der Waals surface area contributed by atoms with Crippen molar-refractivity contribution in [3.05, 3.63) is 0 Å². The third-order valence-corrected chi connectivity index (χ3v) is 2.75. The molecule has 0 saturated heterocycles. The Morgan fingerprint density at radius 3 is 2.50 bits per heavy atom. The Labute approximate surface area is 84.2 Å². The molecule has 0 aromatic rings. The van der Waals surface area contributed by atoms with Gasteiger partial charge in [0.15, 0.2) is 0 Å². The van der Waals surface area contributed by atoms with Gasteiger partial charge < -0.3 is 20.9 Å². The number of hydrogen-bond acceptors (Lipinski definition) is 3. The summed E-state index contributed by atoms with van der Waals surface area (Å²) in [5.41, 5.74) is 5.55. The summed E-state index contributed by atoms with van der Waals surface area (Å²) in [4.78, 5) is 1.79. The topological polar surface area (TPSA) is 82.1 Å². The number of guanidine groups is 1. The van der Waals surface area contributed by atoms with E-state index >= 15 is 0 Å². The molecule has 82 valence electrons. The van der Waals surface area contributed by atoms with Crippen LogP contribution in [0.1, 0.15) is 32.1 Å². The molecule has 0 aliphatic heterocycles. The number of hydrogen-bond donors (Lipinski definition) is 3. The van der Waals surface area contributed by atoms with Crippen LogP contribution in [0.3, 0.4) is 0 Å². The van der Waals surface area contributed by atoms with Crippen LogP contribution in [-0.4, -0.2) is 40.4 Å². The van der Waals surface area contributed by atoms with Crippen LogP contribution in [0, 0.1) is 0 Å². The number of rotatable bonds is 3. The Kier molecular flexibility index (Phi) is 4.52. The van der Waals surface area contributed by atoms with Crippen molar-refractivity contribution < 1.29 is 10.3 Å². The Balaban J connectivity index is 2.55. The van der Waals surface area contributed by atoms with Crippen molar-refractivity contribution in [1.29, 1.82) is 0 Å². The zero-order valence-electron chi connectivity index (χ0n) is 8.39. The summed E-state index contributed by atoms with van der Waals surface area (Å²) in [5.74, 6) is 0.117. The van der Waals surface area contributed by atoms with E-state index in [-0.39, 0.29) is 12.6 Å². The quantitative estimate of drug-likeness (QED) is 0.266. The molecular weight excluding hydrogens is 182 g/mol. The number of aliphatic hydroxyl groups is 1. The number of nitrogens with zero attached hydrogens (tertiary/aromatic N) is 2. The van der Waals surface area contributed by atoms with E-state index in [0.717, 1.165) is 12.8 Å². The lowest BCUT2D eigenvalue weighted by atomic mass is 9.94. The highest BCUT2D eigenvalue weighted by Gasteiger charge is 2.22. The van der Waals surface area contributed by atoms with Crippen LogP contribution in [0.5, 0.6) is 0 Å². The molecule has 1 aliphatic rings.